The van der Waals surface area contributed by atoms with Crippen molar-refractivity contribution in [2.75, 3.05) is 65.7 Å². The first kappa shape index (κ1) is 23.1. The molecule has 1 aliphatic rings. The Bertz CT molecular complexity index is 896. The number of morpholine rings is 1. The largest absolute Gasteiger partial charge is 0.493 e. The van der Waals surface area contributed by atoms with Gasteiger partial charge in [-0.05, 0) is 12.1 Å². The zero-order valence-electron chi connectivity index (χ0n) is 19.1. The number of hydrogen-bond acceptors (Lipinski definition) is 7. The van der Waals surface area contributed by atoms with Gasteiger partial charge in [-0.25, -0.2) is 4.98 Å². The molecule has 8 nitrogen and oxygen atoms in total. The number of anilines is 1. The Labute approximate surface area is 184 Å². The quantitative estimate of drug-likeness (QED) is 0.604. The van der Waals surface area contributed by atoms with Crippen LogP contribution in [-0.2, 0) is 20.8 Å². The fraction of sp³-hybridized carbons (Fsp3) is 0.565. The van der Waals surface area contributed by atoms with Crippen LogP contribution in [0.3, 0.4) is 0 Å². The van der Waals surface area contributed by atoms with E-state index in [9.17, 15) is 4.79 Å². The van der Waals surface area contributed by atoms with Gasteiger partial charge in [-0.3, -0.25) is 4.79 Å². The lowest BCUT2D eigenvalue weighted by molar-refractivity contribution is -0.135. The Balaban J connectivity index is 2.07. The van der Waals surface area contributed by atoms with E-state index in [1.54, 1.807) is 21.3 Å². The molecule has 0 bridgehead atoms. The van der Waals surface area contributed by atoms with Crippen molar-refractivity contribution in [3.63, 3.8) is 0 Å². The second-order valence-electron chi connectivity index (χ2n) is 7.88. The highest BCUT2D eigenvalue weighted by Crippen LogP contribution is 2.34. The van der Waals surface area contributed by atoms with Gasteiger partial charge in [-0.1, -0.05) is 13.8 Å². The zero-order chi connectivity index (χ0) is 22.4. The van der Waals surface area contributed by atoms with Gasteiger partial charge in [0.15, 0.2) is 11.5 Å². The lowest BCUT2D eigenvalue weighted by Gasteiger charge is -2.32. The van der Waals surface area contributed by atoms with Gasteiger partial charge in [0.1, 0.15) is 5.82 Å². The molecular weight excluding hydrogens is 398 g/mol. The molecular formula is C23H33N3O5. The summed E-state index contributed by atoms with van der Waals surface area (Å²) in [4.78, 5) is 21.9. The molecule has 2 aromatic rings. The van der Waals surface area contributed by atoms with Crippen molar-refractivity contribution in [3.8, 4) is 11.5 Å². The van der Waals surface area contributed by atoms with Crippen LogP contribution in [0, 0.1) is 5.92 Å². The van der Waals surface area contributed by atoms with E-state index >= 15 is 0 Å². The second-order valence-corrected chi connectivity index (χ2v) is 7.88. The van der Waals surface area contributed by atoms with Gasteiger partial charge in [-0.15, -0.1) is 0 Å². The fourth-order valence-electron chi connectivity index (χ4n) is 3.74. The van der Waals surface area contributed by atoms with Crippen LogP contribution in [-0.4, -0.2) is 76.6 Å². The smallest absolute Gasteiger partial charge is 0.225 e. The number of nitrogens with zero attached hydrogens (tertiary/aromatic N) is 3. The number of fused-ring (bicyclic) bond motifs is 1. The van der Waals surface area contributed by atoms with Crippen LogP contribution in [0.25, 0.3) is 10.9 Å². The zero-order valence-corrected chi connectivity index (χ0v) is 19.1. The van der Waals surface area contributed by atoms with Gasteiger partial charge in [-0.2, -0.15) is 0 Å². The molecule has 0 atom stereocenters. The molecule has 0 N–H and O–H groups in total. The van der Waals surface area contributed by atoms with E-state index in [0.717, 1.165) is 35.4 Å². The highest BCUT2D eigenvalue weighted by atomic mass is 16.5. The topological polar surface area (TPSA) is 73.4 Å². The highest BCUT2D eigenvalue weighted by Gasteiger charge is 2.23. The average molecular weight is 432 g/mol. The number of methoxy groups -OCH3 is 3. The summed E-state index contributed by atoms with van der Waals surface area (Å²) in [5.41, 5.74) is 1.81. The van der Waals surface area contributed by atoms with E-state index in [4.69, 9.17) is 23.9 Å². The lowest BCUT2D eigenvalue weighted by atomic mass is 10.1. The van der Waals surface area contributed by atoms with Gasteiger partial charge >= 0.3 is 0 Å². The van der Waals surface area contributed by atoms with Gasteiger partial charge in [0.05, 0.1) is 39.6 Å². The van der Waals surface area contributed by atoms with Crippen molar-refractivity contribution in [3.05, 3.63) is 23.8 Å². The lowest BCUT2D eigenvalue weighted by Crippen LogP contribution is -2.39. The Morgan fingerprint density at radius 1 is 1.13 bits per heavy atom. The van der Waals surface area contributed by atoms with Crippen molar-refractivity contribution in [1.82, 2.24) is 9.88 Å². The van der Waals surface area contributed by atoms with Gasteiger partial charge in [0.25, 0.3) is 0 Å². The van der Waals surface area contributed by atoms with Crippen LogP contribution < -0.4 is 14.4 Å². The molecule has 1 aromatic heterocycles. The highest BCUT2D eigenvalue weighted by molar-refractivity contribution is 5.86. The number of benzene rings is 1. The molecule has 1 aliphatic heterocycles. The van der Waals surface area contributed by atoms with E-state index in [-0.39, 0.29) is 11.8 Å². The van der Waals surface area contributed by atoms with Crippen LogP contribution in [0.4, 0.5) is 5.82 Å². The molecule has 31 heavy (non-hydrogen) atoms. The second kappa shape index (κ2) is 10.6. The van der Waals surface area contributed by atoms with Gasteiger partial charge < -0.3 is 28.7 Å². The molecule has 0 unspecified atom stereocenters. The predicted molar refractivity (Wildman–Crippen MR) is 120 cm³/mol. The normalized spacial score (nSPS) is 14.2. The minimum absolute atomic E-state index is 0.0948. The van der Waals surface area contributed by atoms with Crippen molar-refractivity contribution in [1.29, 1.82) is 0 Å². The van der Waals surface area contributed by atoms with Gasteiger partial charge in [0, 0.05) is 56.2 Å². The van der Waals surface area contributed by atoms with Crippen molar-refractivity contribution < 1.29 is 23.7 Å². The first-order chi connectivity index (χ1) is 15.0. The Hall–Kier alpha value is -2.58. The Morgan fingerprint density at radius 2 is 1.81 bits per heavy atom. The van der Waals surface area contributed by atoms with E-state index in [1.807, 2.05) is 30.9 Å². The minimum Gasteiger partial charge on any atom is -0.493 e. The Morgan fingerprint density at radius 3 is 2.42 bits per heavy atom. The maximum Gasteiger partial charge on any atom is 0.225 e. The third kappa shape index (κ3) is 5.37. The first-order valence-corrected chi connectivity index (χ1v) is 10.6. The number of hydrogen-bond donors (Lipinski definition) is 0. The number of carbonyl (C=O) groups excluding carboxylic acids is 1. The molecule has 1 amide bonds. The summed E-state index contributed by atoms with van der Waals surface area (Å²) in [5, 5.41) is 0.938. The van der Waals surface area contributed by atoms with Crippen LogP contribution in [0.5, 0.6) is 11.5 Å². The van der Waals surface area contributed by atoms with E-state index < -0.39 is 0 Å². The molecule has 170 valence electrons. The van der Waals surface area contributed by atoms with Gasteiger partial charge in [0.2, 0.25) is 5.91 Å². The summed E-state index contributed by atoms with van der Waals surface area (Å²) >= 11 is 0. The third-order valence-corrected chi connectivity index (χ3v) is 5.42. The summed E-state index contributed by atoms with van der Waals surface area (Å²) in [7, 11) is 4.88. The first-order valence-electron chi connectivity index (χ1n) is 10.6. The maximum absolute atomic E-state index is 12.9. The predicted octanol–water partition coefficient (Wildman–Crippen LogP) is 2.72. The molecule has 0 radical (unpaired) electrons. The molecule has 8 heteroatoms. The van der Waals surface area contributed by atoms with Crippen molar-refractivity contribution in [2.45, 2.75) is 20.4 Å². The average Bonchev–Trinajstić information content (AvgIpc) is 2.80. The molecule has 0 spiro atoms. The van der Waals surface area contributed by atoms with Crippen LogP contribution in [0.2, 0.25) is 0 Å². The van der Waals surface area contributed by atoms with E-state index in [0.29, 0.717) is 44.4 Å². The third-order valence-electron chi connectivity index (χ3n) is 5.42. The summed E-state index contributed by atoms with van der Waals surface area (Å²) in [6.45, 7) is 8.14. The fourth-order valence-corrected chi connectivity index (χ4v) is 3.74. The van der Waals surface area contributed by atoms with E-state index in [1.165, 1.54) is 0 Å². The summed E-state index contributed by atoms with van der Waals surface area (Å²) < 4.78 is 21.7. The van der Waals surface area contributed by atoms with Crippen molar-refractivity contribution in [2.24, 2.45) is 5.92 Å². The van der Waals surface area contributed by atoms with Crippen LogP contribution >= 0.6 is 0 Å². The molecule has 1 aromatic carbocycles. The molecule has 1 fully saturated rings. The summed E-state index contributed by atoms with van der Waals surface area (Å²) in [6.07, 6.45) is 0. The Kier molecular flexibility index (Phi) is 7.92. The molecule has 1 saturated heterocycles. The number of rotatable bonds is 9. The SMILES string of the molecule is COCCN(Cc1cc2cc(OC)c(OC)cc2nc1N1CCOCC1)C(=O)C(C)C. The summed E-state index contributed by atoms with van der Waals surface area (Å²) in [5.74, 6) is 2.16. The molecule has 0 aliphatic carbocycles. The number of pyridine rings is 1. The summed E-state index contributed by atoms with van der Waals surface area (Å²) in [6, 6.07) is 5.92. The monoisotopic (exact) mass is 431 g/mol. The number of ether oxygens (including phenoxy) is 4. The minimum atomic E-state index is -0.0959. The van der Waals surface area contributed by atoms with Crippen molar-refractivity contribution >= 4 is 22.6 Å². The number of carbonyl (C=O) groups is 1. The molecule has 2 heterocycles. The molecule has 0 saturated carbocycles. The maximum atomic E-state index is 12.9. The number of amides is 1. The number of aromatic nitrogens is 1. The van der Waals surface area contributed by atoms with Crippen LogP contribution in [0.15, 0.2) is 18.2 Å². The van der Waals surface area contributed by atoms with Crippen LogP contribution in [0.1, 0.15) is 19.4 Å². The van der Waals surface area contributed by atoms with E-state index in [2.05, 4.69) is 11.0 Å². The molecule has 3 rings (SSSR count). The standard InChI is InChI=1S/C23H33N3O5/c1-16(2)23(27)26(6-9-28-3)15-18-12-17-13-20(29-4)21(30-5)14-19(17)24-22(18)25-7-10-31-11-8-25/h12-14,16H,6-11,15H2,1-5H3.